The summed E-state index contributed by atoms with van der Waals surface area (Å²) in [6.07, 6.45) is 2.50. The number of carbonyl (C=O) groups excluding carboxylic acids is 1. The molecule has 0 saturated carbocycles. The first-order chi connectivity index (χ1) is 11.4. The Bertz CT molecular complexity index is 818. The van der Waals surface area contributed by atoms with E-state index in [4.69, 9.17) is 33.0 Å². The van der Waals surface area contributed by atoms with Crippen LogP contribution < -0.4 is 4.74 Å². The highest BCUT2D eigenvalue weighted by molar-refractivity contribution is 6.45. The summed E-state index contributed by atoms with van der Waals surface area (Å²) < 4.78 is 18.5. The summed E-state index contributed by atoms with van der Waals surface area (Å²) >= 11 is 12.0. The zero-order valence-electron chi connectivity index (χ0n) is 12.1. The van der Waals surface area contributed by atoms with Crippen LogP contribution in [0.4, 0.5) is 4.39 Å². The number of hydrogen-bond acceptors (Lipinski definition) is 3. The molecule has 0 amide bonds. The predicted molar refractivity (Wildman–Crippen MR) is 89.4 cm³/mol. The number of carboxylic acids is 1. The summed E-state index contributed by atoms with van der Waals surface area (Å²) in [5.41, 5.74) is 0.353. The lowest BCUT2D eigenvalue weighted by atomic mass is 10.1. The number of halogens is 3. The Balaban J connectivity index is 2.22. The summed E-state index contributed by atoms with van der Waals surface area (Å²) in [6, 6.07) is 8.70. The number of carboxylic acid groups (broad SMARTS) is 1. The van der Waals surface area contributed by atoms with Gasteiger partial charge in [0.15, 0.2) is 12.4 Å². The highest BCUT2D eigenvalue weighted by Gasteiger charge is 2.15. The van der Waals surface area contributed by atoms with Crippen LogP contribution in [0.1, 0.15) is 15.9 Å². The molecular weight excluding hydrogens is 358 g/mol. The van der Waals surface area contributed by atoms with Gasteiger partial charge in [0.25, 0.3) is 0 Å². The molecule has 2 rings (SSSR count). The van der Waals surface area contributed by atoms with Crippen LogP contribution in [0.2, 0.25) is 10.0 Å². The monoisotopic (exact) mass is 368 g/mol. The van der Waals surface area contributed by atoms with Crippen molar-refractivity contribution in [3.8, 4) is 5.75 Å². The lowest BCUT2D eigenvalue weighted by Crippen LogP contribution is -2.10. The smallest absolute Gasteiger partial charge is 0.341 e. The van der Waals surface area contributed by atoms with E-state index in [9.17, 15) is 14.0 Å². The van der Waals surface area contributed by atoms with Gasteiger partial charge in [0.05, 0.1) is 5.02 Å². The zero-order valence-corrected chi connectivity index (χ0v) is 13.6. The summed E-state index contributed by atoms with van der Waals surface area (Å²) in [5, 5.41) is 8.45. The summed E-state index contributed by atoms with van der Waals surface area (Å²) in [4.78, 5) is 22.7. The Morgan fingerprint density at radius 3 is 2.50 bits per heavy atom. The quantitative estimate of drug-likeness (QED) is 0.602. The van der Waals surface area contributed by atoms with Gasteiger partial charge in [0.1, 0.15) is 16.6 Å². The standard InChI is InChI=1S/C17H11Cl2FO4/c18-16-11(6-8-14(17(16)19)24-9-15(22)23)13(21)7-5-10-3-1-2-4-12(10)20/h1-8H,9H2,(H,22,23)/b7-5+. The second-order valence-corrected chi connectivity index (χ2v) is 5.40. The van der Waals surface area contributed by atoms with Crippen molar-refractivity contribution in [1.82, 2.24) is 0 Å². The van der Waals surface area contributed by atoms with Crippen LogP contribution in [-0.4, -0.2) is 23.5 Å². The molecule has 0 aliphatic carbocycles. The van der Waals surface area contributed by atoms with E-state index in [1.54, 1.807) is 12.1 Å². The first-order valence-corrected chi connectivity index (χ1v) is 7.45. The molecule has 0 aliphatic rings. The van der Waals surface area contributed by atoms with Crippen LogP contribution in [-0.2, 0) is 4.79 Å². The van der Waals surface area contributed by atoms with Crippen LogP contribution in [0.25, 0.3) is 6.08 Å². The van der Waals surface area contributed by atoms with Crippen LogP contribution in [0, 0.1) is 5.82 Å². The number of allylic oxidation sites excluding steroid dienone is 1. The second-order valence-electron chi connectivity index (χ2n) is 4.64. The minimum Gasteiger partial charge on any atom is -0.480 e. The van der Waals surface area contributed by atoms with E-state index in [-0.39, 0.29) is 26.9 Å². The average molecular weight is 369 g/mol. The molecule has 0 atom stereocenters. The molecule has 0 aromatic heterocycles. The van der Waals surface area contributed by atoms with Crippen molar-refractivity contribution in [3.63, 3.8) is 0 Å². The third kappa shape index (κ3) is 4.34. The first-order valence-electron chi connectivity index (χ1n) is 6.69. The molecule has 24 heavy (non-hydrogen) atoms. The van der Waals surface area contributed by atoms with Crippen molar-refractivity contribution >= 4 is 41.0 Å². The maximum Gasteiger partial charge on any atom is 0.341 e. The van der Waals surface area contributed by atoms with Crippen molar-refractivity contribution in [1.29, 1.82) is 0 Å². The highest BCUT2D eigenvalue weighted by Crippen LogP contribution is 2.35. The molecule has 7 heteroatoms. The Kier molecular flexibility index (Phi) is 5.95. The number of rotatable bonds is 6. The summed E-state index contributed by atoms with van der Waals surface area (Å²) in [7, 11) is 0. The van der Waals surface area contributed by atoms with Gasteiger partial charge in [0, 0.05) is 11.1 Å². The third-order valence-electron chi connectivity index (χ3n) is 2.98. The Labute approximate surface area is 147 Å². The molecule has 0 aliphatic heterocycles. The van der Waals surface area contributed by atoms with Gasteiger partial charge < -0.3 is 9.84 Å². The third-order valence-corrected chi connectivity index (χ3v) is 3.85. The number of benzene rings is 2. The largest absolute Gasteiger partial charge is 0.480 e. The van der Waals surface area contributed by atoms with Gasteiger partial charge >= 0.3 is 5.97 Å². The molecule has 0 heterocycles. The second kappa shape index (κ2) is 7.95. The molecule has 0 spiro atoms. The number of carbonyl (C=O) groups is 2. The van der Waals surface area contributed by atoms with Crippen molar-refractivity contribution in [2.45, 2.75) is 0 Å². The Morgan fingerprint density at radius 2 is 1.83 bits per heavy atom. The average Bonchev–Trinajstić information content (AvgIpc) is 2.55. The molecule has 0 saturated heterocycles. The van der Waals surface area contributed by atoms with E-state index in [0.717, 1.165) is 0 Å². The molecule has 0 fully saturated rings. The van der Waals surface area contributed by atoms with Gasteiger partial charge in [-0.2, -0.15) is 0 Å². The van der Waals surface area contributed by atoms with Crippen LogP contribution in [0.15, 0.2) is 42.5 Å². The molecule has 2 aromatic rings. The lowest BCUT2D eigenvalue weighted by Gasteiger charge is -2.09. The molecule has 124 valence electrons. The predicted octanol–water partition coefficient (Wildman–Crippen LogP) is 4.49. The van der Waals surface area contributed by atoms with Crippen molar-refractivity contribution < 1.29 is 23.8 Å². The van der Waals surface area contributed by atoms with Crippen LogP contribution in [0.3, 0.4) is 0 Å². The van der Waals surface area contributed by atoms with Crippen molar-refractivity contribution in [3.05, 3.63) is 69.5 Å². The molecule has 1 N–H and O–H groups in total. The number of hydrogen-bond donors (Lipinski definition) is 1. The van der Waals surface area contributed by atoms with E-state index in [2.05, 4.69) is 0 Å². The van der Waals surface area contributed by atoms with Crippen LogP contribution >= 0.6 is 23.2 Å². The molecule has 0 radical (unpaired) electrons. The van der Waals surface area contributed by atoms with Gasteiger partial charge in [-0.05, 0) is 30.4 Å². The molecule has 0 bridgehead atoms. The SMILES string of the molecule is O=C(O)COc1ccc(C(=O)/C=C/c2ccccc2F)c(Cl)c1Cl. The van der Waals surface area contributed by atoms with E-state index in [1.807, 2.05) is 0 Å². The fourth-order valence-corrected chi connectivity index (χ4v) is 2.31. The number of ether oxygens (including phenoxy) is 1. The lowest BCUT2D eigenvalue weighted by molar-refractivity contribution is -0.139. The van der Waals surface area contributed by atoms with Gasteiger partial charge in [0.2, 0.25) is 0 Å². The van der Waals surface area contributed by atoms with Gasteiger partial charge in [-0.1, -0.05) is 41.4 Å². The molecular formula is C17H11Cl2FO4. The zero-order chi connectivity index (χ0) is 17.7. The van der Waals surface area contributed by atoms with Gasteiger partial charge in [-0.15, -0.1) is 0 Å². The van der Waals surface area contributed by atoms with E-state index >= 15 is 0 Å². The summed E-state index contributed by atoms with van der Waals surface area (Å²) in [6.45, 7) is -0.587. The summed E-state index contributed by atoms with van der Waals surface area (Å²) in [5.74, 6) is -2.05. The fourth-order valence-electron chi connectivity index (χ4n) is 1.84. The normalized spacial score (nSPS) is 10.8. The minimum atomic E-state index is -1.17. The van der Waals surface area contributed by atoms with E-state index in [0.29, 0.717) is 0 Å². The molecule has 2 aromatic carbocycles. The van der Waals surface area contributed by atoms with Gasteiger partial charge in [-0.3, -0.25) is 4.79 Å². The number of aliphatic carboxylic acids is 1. The van der Waals surface area contributed by atoms with E-state index < -0.39 is 24.2 Å². The number of ketones is 1. The van der Waals surface area contributed by atoms with Crippen molar-refractivity contribution in [2.75, 3.05) is 6.61 Å². The maximum absolute atomic E-state index is 13.5. The van der Waals surface area contributed by atoms with Gasteiger partial charge in [-0.25, -0.2) is 9.18 Å². The maximum atomic E-state index is 13.5. The van der Waals surface area contributed by atoms with Crippen molar-refractivity contribution in [2.24, 2.45) is 0 Å². The first kappa shape index (κ1) is 18.0. The topological polar surface area (TPSA) is 63.6 Å². The Morgan fingerprint density at radius 1 is 1.12 bits per heavy atom. The fraction of sp³-hybridized carbons (Fsp3) is 0.0588. The highest BCUT2D eigenvalue weighted by atomic mass is 35.5. The van der Waals surface area contributed by atoms with Crippen LogP contribution in [0.5, 0.6) is 5.75 Å². The minimum absolute atomic E-state index is 0.0544. The molecule has 4 nitrogen and oxygen atoms in total. The Hall–Kier alpha value is -2.37. The van der Waals surface area contributed by atoms with E-state index in [1.165, 1.54) is 36.4 Å². The molecule has 0 unspecified atom stereocenters.